The highest BCUT2D eigenvalue weighted by molar-refractivity contribution is 5.86. The van der Waals surface area contributed by atoms with Gasteiger partial charge in [-0.1, -0.05) is 0 Å². The molecule has 42 heavy (non-hydrogen) atoms. The second-order valence-corrected chi connectivity index (χ2v) is 9.96. The van der Waals surface area contributed by atoms with Crippen LogP contribution in [0.2, 0.25) is 0 Å². The quantitative estimate of drug-likeness (QED) is 0.142. The van der Waals surface area contributed by atoms with Crippen molar-refractivity contribution in [3.63, 3.8) is 0 Å². The maximum Gasteiger partial charge on any atom is 0.229 e. The first-order valence-corrected chi connectivity index (χ1v) is 12.9. The smallest absolute Gasteiger partial charge is 0.229 e. The number of aliphatic hydroxyl groups excluding tert-OH is 7. The van der Waals surface area contributed by atoms with E-state index in [0.717, 1.165) is 12.1 Å². The first kappa shape index (κ1) is 30.1. The Kier molecular flexibility index (Phi) is 8.68. The Hall–Kier alpha value is -3.35. The number of ether oxygens (including phenoxy) is 4. The Balaban J connectivity index is 1.47. The summed E-state index contributed by atoms with van der Waals surface area (Å²) < 4.78 is 28.2. The van der Waals surface area contributed by atoms with Crippen molar-refractivity contribution in [1.29, 1.82) is 0 Å². The predicted octanol–water partition coefficient (Wildman–Crippen LogP) is -2.13. The van der Waals surface area contributed by atoms with E-state index in [9.17, 15) is 50.8 Å². The zero-order valence-electron chi connectivity index (χ0n) is 21.7. The molecule has 0 unspecified atom stereocenters. The van der Waals surface area contributed by atoms with Gasteiger partial charge in [-0.25, -0.2) is 0 Å². The molecule has 2 saturated heterocycles. The molecule has 0 bridgehead atoms. The molecule has 1 aromatic heterocycles. The lowest BCUT2D eigenvalue weighted by atomic mass is 9.97. The van der Waals surface area contributed by atoms with Gasteiger partial charge in [0.05, 0.1) is 13.2 Å². The van der Waals surface area contributed by atoms with Crippen LogP contribution in [0.5, 0.6) is 17.2 Å². The van der Waals surface area contributed by atoms with Gasteiger partial charge in [0, 0.05) is 23.8 Å². The van der Waals surface area contributed by atoms with Gasteiger partial charge < -0.3 is 69.3 Å². The van der Waals surface area contributed by atoms with E-state index in [2.05, 4.69) is 0 Å². The maximum absolute atomic E-state index is 12.8. The Morgan fingerprint density at radius 2 is 1.36 bits per heavy atom. The molecule has 15 heteroatoms. The monoisotopic (exact) mass is 594 g/mol. The van der Waals surface area contributed by atoms with Crippen LogP contribution in [0.3, 0.4) is 0 Å². The van der Waals surface area contributed by atoms with Crippen molar-refractivity contribution < 1.29 is 69.3 Å². The topological polar surface area (TPSA) is 249 Å². The summed E-state index contributed by atoms with van der Waals surface area (Å²) >= 11 is 0. The van der Waals surface area contributed by atoms with Crippen molar-refractivity contribution in [2.24, 2.45) is 0 Å². The molecule has 10 atom stereocenters. The molecule has 0 aliphatic carbocycles. The molecule has 3 aromatic rings. The molecule has 9 N–H and O–H groups in total. The normalized spacial score (nSPS) is 33.5. The maximum atomic E-state index is 12.8. The van der Waals surface area contributed by atoms with E-state index in [-0.39, 0.29) is 28.2 Å². The third-order valence-electron chi connectivity index (χ3n) is 7.15. The minimum Gasteiger partial charge on any atom is -0.508 e. The van der Waals surface area contributed by atoms with E-state index < -0.39 is 85.8 Å². The fourth-order valence-electron chi connectivity index (χ4n) is 4.84. The highest BCUT2D eigenvalue weighted by Crippen LogP contribution is 2.35. The first-order chi connectivity index (χ1) is 20.0. The Bertz CT molecular complexity index is 1440. The molecule has 2 fully saturated rings. The molecular formula is C27H30O15. The van der Waals surface area contributed by atoms with Crippen LogP contribution in [0.1, 0.15) is 0 Å². The van der Waals surface area contributed by atoms with Crippen LogP contribution in [-0.4, -0.2) is 121 Å². The number of phenols is 2. The molecule has 3 heterocycles. The van der Waals surface area contributed by atoms with E-state index in [4.69, 9.17) is 23.4 Å². The fraction of sp³-hybridized carbons (Fsp3) is 0.444. The van der Waals surface area contributed by atoms with Crippen LogP contribution >= 0.6 is 0 Å². The van der Waals surface area contributed by atoms with Crippen molar-refractivity contribution in [3.8, 4) is 28.6 Å². The van der Waals surface area contributed by atoms with Crippen molar-refractivity contribution in [1.82, 2.24) is 0 Å². The minimum atomic E-state index is -1.86. The standard InChI is InChI=1S/C27H30O15/c28-8-17-20(33)22(35)24(37)26(40-17)42-25-23(36)21(34)18(9-29)41-27(25)38-12-5-13(31)19-14(32)7-15(39-16(19)6-12)10-1-3-11(30)4-2-10/h1-7,17-18,20-31,33-37H,8-9H2/t17-,18+,20-,21-,22+,23+,24-,25-,26+,27-/m1/s1. The largest absolute Gasteiger partial charge is 0.508 e. The van der Waals surface area contributed by atoms with Crippen LogP contribution in [0.25, 0.3) is 22.3 Å². The van der Waals surface area contributed by atoms with Gasteiger partial charge >= 0.3 is 0 Å². The summed E-state index contributed by atoms with van der Waals surface area (Å²) in [7, 11) is 0. The van der Waals surface area contributed by atoms with Crippen LogP contribution in [0.15, 0.2) is 51.7 Å². The van der Waals surface area contributed by atoms with Crippen LogP contribution in [0, 0.1) is 0 Å². The van der Waals surface area contributed by atoms with E-state index in [1.807, 2.05) is 0 Å². The third-order valence-corrected chi connectivity index (χ3v) is 7.15. The van der Waals surface area contributed by atoms with Gasteiger partial charge in [0.1, 0.15) is 76.7 Å². The Morgan fingerprint density at radius 3 is 2.00 bits per heavy atom. The summed E-state index contributed by atoms with van der Waals surface area (Å²) in [5.74, 6) is -0.592. The zero-order chi connectivity index (χ0) is 30.3. The zero-order valence-corrected chi connectivity index (χ0v) is 21.7. The summed E-state index contributed by atoms with van der Waals surface area (Å²) in [4.78, 5) is 12.8. The van der Waals surface area contributed by atoms with Gasteiger partial charge in [-0.05, 0) is 24.3 Å². The number of hydrogen-bond acceptors (Lipinski definition) is 15. The summed E-state index contributed by atoms with van der Waals surface area (Å²) in [5, 5.41) is 90.9. The lowest BCUT2D eigenvalue weighted by molar-refractivity contribution is -0.357. The molecule has 0 spiro atoms. The van der Waals surface area contributed by atoms with Gasteiger partial charge in [-0.3, -0.25) is 4.79 Å². The summed E-state index contributed by atoms with van der Waals surface area (Å²) in [6.45, 7) is -1.50. The van der Waals surface area contributed by atoms with Gasteiger partial charge in [0.15, 0.2) is 17.8 Å². The molecule has 2 aliphatic rings. The number of phenolic OH excluding ortho intramolecular Hbond substituents is 2. The van der Waals surface area contributed by atoms with E-state index in [1.165, 1.54) is 30.3 Å². The van der Waals surface area contributed by atoms with Gasteiger partial charge in [-0.15, -0.1) is 0 Å². The van der Waals surface area contributed by atoms with Crippen molar-refractivity contribution in [2.75, 3.05) is 13.2 Å². The van der Waals surface area contributed by atoms with Crippen molar-refractivity contribution >= 4 is 11.0 Å². The number of aromatic hydroxyl groups is 2. The molecule has 15 nitrogen and oxygen atoms in total. The molecule has 2 aliphatic heterocycles. The molecule has 2 aromatic carbocycles. The number of fused-ring (bicyclic) bond motifs is 1. The van der Waals surface area contributed by atoms with Gasteiger partial charge in [-0.2, -0.15) is 0 Å². The molecule has 0 amide bonds. The van der Waals surface area contributed by atoms with Crippen LogP contribution < -0.4 is 10.2 Å². The van der Waals surface area contributed by atoms with Gasteiger partial charge in [0.2, 0.25) is 6.29 Å². The van der Waals surface area contributed by atoms with Crippen molar-refractivity contribution in [2.45, 2.75) is 61.4 Å². The second-order valence-electron chi connectivity index (χ2n) is 9.96. The molecule has 0 radical (unpaired) electrons. The van der Waals surface area contributed by atoms with E-state index >= 15 is 0 Å². The van der Waals surface area contributed by atoms with Crippen molar-refractivity contribution in [3.05, 3.63) is 52.7 Å². The number of rotatable bonds is 7. The summed E-state index contributed by atoms with van der Waals surface area (Å²) in [5.41, 5.74) is -0.244. The minimum absolute atomic E-state index is 0.00308. The number of hydrogen-bond donors (Lipinski definition) is 9. The molecule has 0 saturated carbocycles. The highest BCUT2D eigenvalue weighted by atomic mass is 16.8. The SMILES string of the molecule is O=c1cc(-c2ccc(O)cc2)oc2cc(O[C@@H]3O[C@@H](CO)[C@@H](O)[C@H](O)[C@H]3O[C@@H]3O[C@H](CO)[C@@H](O)[C@H](O)[C@H]3O)cc(O)c12. The average Bonchev–Trinajstić information content (AvgIpc) is 2.96. The average molecular weight is 595 g/mol. The third kappa shape index (κ3) is 5.67. The van der Waals surface area contributed by atoms with E-state index in [1.54, 1.807) is 0 Å². The Labute approximate surface area is 236 Å². The first-order valence-electron chi connectivity index (χ1n) is 12.9. The number of aliphatic hydroxyl groups is 7. The highest BCUT2D eigenvalue weighted by Gasteiger charge is 2.51. The number of benzene rings is 2. The van der Waals surface area contributed by atoms with Crippen LogP contribution in [0.4, 0.5) is 0 Å². The molecule has 228 valence electrons. The Morgan fingerprint density at radius 1 is 0.738 bits per heavy atom. The lowest BCUT2D eigenvalue weighted by Gasteiger charge is -2.45. The predicted molar refractivity (Wildman–Crippen MR) is 138 cm³/mol. The second kappa shape index (κ2) is 12.1. The summed E-state index contributed by atoms with van der Waals surface area (Å²) in [6, 6.07) is 9.26. The van der Waals surface area contributed by atoms with E-state index in [0.29, 0.717) is 5.56 Å². The molecular weight excluding hydrogens is 564 g/mol. The lowest BCUT2D eigenvalue weighted by Crippen LogP contribution is -2.65. The molecule has 5 rings (SSSR count). The van der Waals surface area contributed by atoms with Gasteiger partial charge in [0.25, 0.3) is 0 Å². The summed E-state index contributed by atoms with van der Waals surface area (Å²) in [6.07, 6.45) is -16.7. The van der Waals surface area contributed by atoms with Crippen LogP contribution in [-0.2, 0) is 14.2 Å². The fourth-order valence-corrected chi connectivity index (χ4v) is 4.84.